The third-order valence-electron chi connectivity index (χ3n) is 1.05. The molecular weight excluding hydrogens is 150 g/mol. The Morgan fingerprint density at radius 1 is 1.67 bits per heavy atom. The number of rotatable bonds is 4. The van der Waals surface area contributed by atoms with Crippen LogP contribution in [-0.4, -0.2) is 5.78 Å². The monoisotopic (exact) mass is 164 g/mol. The molecule has 2 nitrogen and oxygen atoms in total. The van der Waals surface area contributed by atoms with E-state index in [1.165, 1.54) is 0 Å². The average molecular weight is 164 g/mol. The Labute approximate surface area is 63.0 Å². The maximum atomic E-state index is 10.5. The zero-order valence-electron chi connectivity index (χ0n) is 6.11. The Morgan fingerprint density at radius 2 is 2.22 bits per heavy atom. The number of carbonyl (C=O) groups excluding carboxylic acids is 1. The van der Waals surface area contributed by atoms with Crippen LogP contribution in [0.3, 0.4) is 0 Å². The minimum absolute atomic E-state index is 0.265. The van der Waals surface area contributed by atoms with Crippen LogP contribution in [0.4, 0.5) is 0 Å². The predicted molar refractivity (Wildman–Crippen MR) is 34.8 cm³/mol. The number of ketones is 1. The molecule has 0 aliphatic rings. The fraction of sp³-hybridized carbons (Fsp3) is 0.833. The molecule has 0 heterocycles. The van der Waals surface area contributed by atoms with Crippen LogP contribution in [0, 0.1) is 0 Å². The van der Waals surface area contributed by atoms with Crippen LogP contribution in [0.2, 0.25) is 9.45 Å². The SMILES string of the molecule is CC[CH2][Ti]([NH2])[CH2]C(C)=O. The van der Waals surface area contributed by atoms with Gasteiger partial charge in [-0.25, -0.2) is 0 Å². The van der Waals surface area contributed by atoms with Crippen molar-refractivity contribution in [3.8, 4) is 0 Å². The van der Waals surface area contributed by atoms with Gasteiger partial charge in [-0.05, 0) is 0 Å². The first kappa shape index (κ1) is 9.34. The Hall–Kier alpha value is 0.344. The molecule has 0 aliphatic carbocycles. The maximum absolute atomic E-state index is 10.5. The van der Waals surface area contributed by atoms with Crippen molar-refractivity contribution in [1.29, 1.82) is 0 Å². The van der Waals surface area contributed by atoms with E-state index in [2.05, 4.69) is 6.92 Å². The summed E-state index contributed by atoms with van der Waals surface area (Å²) in [5.74, 6) is 0.265. The number of nitrogens with two attached hydrogens (primary N) is 1. The van der Waals surface area contributed by atoms with Gasteiger partial charge in [-0.1, -0.05) is 0 Å². The van der Waals surface area contributed by atoms with Gasteiger partial charge in [0.2, 0.25) is 0 Å². The van der Waals surface area contributed by atoms with Gasteiger partial charge < -0.3 is 0 Å². The van der Waals surface area contributed by atoms with Crippen LogP contribution in [-0.2, 0) is 22.9 Å². The summed E-state index contributed by atoms with van der Waals surface area (Å²) >= 11 is -1.35. The number of Topliss-reactive ketones (excluding diaryl/α,β-unsaturated/α-hetero) is 1. The minimum atomic E-state index is -1.35. The van der Waals surface area contributed by atoms with Gasteiger partial charge >= 0.3 is 62.6 Å². The van der Waals surface area contributed by atoms with E-state index in [1.807, 2.05) is 0 Å². The van der Waals surface area contributed by atoms with Gasteiger partial charge in [0.25, 0.3) is 0 Å². The summed E-state index contributed by atoms with van der Waals surface area (Å²) in [5.41, 5.74) is 0. The fourth-order valence-electron chi connectivity index (χ4n) is 0.729. The Balaban J connectivity index is 3.26. The third kappa shape index (κ3) is 6.23. The van der Waals surface area contributed by atoms with Gasteiger partial charge in [0.1, 0.15) is 0 Å². The molecule has 0 spiro atoms. The number of hydrogen-bond donors (Lipinski definition) is 1. The fourth-order valence-corrected chi connectivity index (χ4v) is 3.01. The van der Waals surface area contributed by atoms with Gasteiger partial charge in [-0.3, -0.25) is 0 Å². The molecule has 2 N–H and O–H groups in total. The topological polar surface area (TPSA) is 43.1 Å². The van der Waals surface area contributed by atoms with E-state index in [0.29, 0.717) is 4.73 Å². The van der Waals surface area contributed by atoms with Crippen LogP contribution in [0.1, 0.15) is 20.3 Å². The van der Waals surface area contributed by atoms with Crippen LogP contribution in [0.25, 0.3) is 0 Å². The second-order valence-corrected chi connectivity index (χ2v) is 5.68. The Bertz CT molecular complexity index is 95.1. The van der Waals surface area contributed by atoms with Crippen molar-refractivity contribution in [2.45, 2.75) is 29.7 Å². The Morgan fingerprint density at radius 3 is 2.56 bits per heavy atom. The second-order valence-electron chi connectivity index (χ2n) is 2.29. The van der Waals surface area contributed by atoms with E-state index in [9.17, 15) is 4.79 Å². The number of carbonyl (C=O) groups is 1. The molecule has 0 bridgehead atoms. The van der Waals surface area contributed by atoms with Crippen LogP contribution in [0.5, 0.6) is 0 Å². The first-order chi connectivity index (χ1) is 4.16. The van der Waals surface area contributed by atoms with Crippen molar-refractivity contribution >= 4 is 5.78 Å². The predicted octanol–water partition coefficient (Wildman–Crippen LogP) is 1.31. The van der Waals surface area contributed by atoms with Gasteiger partial charge in [-0.15, -0.1) is 0 Å². The van der Waals surface area contributed by atoms with E-state index in [-0.39, 0.29) is 5.78 Å². The zero-order chi connectivity index (χ0) is 7.28. The molecule has 9 heavy (non-hydrogen) atoms. The molecular formula is C6H14NOTi. The summed E-state index contributed by atoms with van der Waals surface area (Å²) < 4.78 is 7.56. The van der Waals surface area contributed by atoms with Crippen molar-refractivity contribution in [1.82, 2.24) is 0 Å². The summed E-state index contributed by atoms with van der Waals surface area (Å²) in [6, 6.07) is 0. The molecule has 3 heteroatoms. The summed E-state index contributed by atoms with van der Waals surface area (Å²) in [4.78, 5) is 10.5. The average Bonchev–Trinajstić information content (AvgIpc) is 1.63. The van der Waals surface area contributed by atoms with E-state index < -0.39 is 18.1 Å². The summed E-state index contributed by atoms with van der Waals surface area (Å²) in [7, 11) is 0. The quantitative estimate of drug-likeness (QED) is 0.636. The molecule has 0 radical (unpaired) electrons. The normalized spacial score (nSPS) is 9.22. The standard InChI is InChI=1S/C3H5O.C3H7.H2N.Ti/c1-3(2)4;1-3-2;;/h1H2,2H3;1,3H2,2H3;1H2;/q;;-1;+1. The molecule has 0 amide bonds. The van der Waals surface area contributed by atoms with Gasteiger partial charge in [0.05, 0.1) is 0 Å². The van der Waals surface area contributed by atoms with Crippen molar-refractivity contribution in [2.24, 2.45) is 4.22 Å². The van der Waals surface area contributed by atoms with Gasteiger partial charge in [0.15, 0.2) is 0 Å². The molecule has 0 saturated heterocycles. The van der Waals surface area contributed by atoms with Crippen molar-refractivity contribution in [3.63, 3.8) is 0 Å². The first-order valence-electron chi connectivity index (χ1n) is 3.26. The molecule has 0 saturated carbocycles. The molecule has 0 aliphatic heterocycles. The van der Waals surface area contributed by atoms with Crippen molar-refractivity contribution < 1.29 is 22.9 Å². The third-order valence-corrected chi connectivity index (χ3v) is 4.32. The molecule has 53 valence electrons. The Kier molecular flexibility index (Phi) is 5.35. The van der Waals surface area contributed by atoms with Gasteiger partial charge in [-0.2, -0.15) is 0 Å². The van der Waals surface area contributed by atoms with E-state index >= 15 is 0 Å². The van der Waals surface area contributed by atoms with Crippen molar-refractivity contribution in [3.05, 3.63) is 0 Å². The molecule has 0 aromatic carbocycles. The van der Waals surface area contributed by atoms with Crippen LogP contribution in [0.15, 0.2) is 0 Å². The molecule has 0 rings (SSSR count). The zero-order valence-corrected chi connectivity index (χ0v) is 7.67. The van der Waals surface area contributed by atoms with E-state index in [1.54, 1.807) is 6.92 Å². The van der Waals surface area contributed by atoms with E-state index in [0.717, 1.165) is 11.1 Å². The molecule has 0 atom stereocenters. The van der Waals surface area contributed by atoms with E-state index in [4.69, 9.17) is 4.22 Å². The number of hydrogen-bond acceptors (Lipinski definition) is 2. The molecule has 0 fully saturated rings. The molecule has 0 unspecified atom stereocenters. The second kappa shape index (κ2) is 5.15. The molecule has 0 aromatic rings. The van der Waals surface area contributed by atoms with Crippen molar-refractivity contribution in [2.75, 3.05) is 0 Å². The van der Waals surface area contributed by atoms with Crippen LogP contribution >= 0.6 is 0 Å². The van der Waals surface area contributed by atoms with Crippen LogP contribution < -0.4 is 4.22 Å². The van der Waals surface area contributed by atoms with Gasteiger partial charge in [0, 0.05) is 0 Å². The summed E-state index contributed by atoms with van der Waals surface area (Å²) in [5, 5.41) is 0. The molecule has 0 aromatic heterocycles. The summed E-state index contributed by atoms with van der Waals surface area (Å²) in [6.07, 6.45) is 1.14. The first-order valence-corrected chi connectivity index (χ1v) is 6.37. The summed E-state index contributed by atoms with van der Waals surface area (Å²) in [6.45, 7) is 3.73.